The van der Waals surface area contributed by atoms with E-state index in [1.807, 2.05) is 36.4 Å². The zero-order valence-electron chi connectivity index (χ0n) is 23.5. The van der Waals surface area contributed by atoms with Crippen LogP contribution in [0.25, 0.3) is 21.8 Å². The van der Waals surface area contributed by atoms with Gasteiger partial charge in [-0.05, 0) is 89.0 Å². The molecule has 204 valence electrons. The van der Waals surface area contributed by atoms with E-state index >= 15 is 0 Å². The molecule has 1 N–H and O–H groups in total. The number of rotatable bonds is 18. The Morgan fingerprint density at radius 2 is 1.03 bits per heavy atom. The first-order chi connectivity index (χ1) is 18.1. The molecule has 0 spiro atoms. The third-order valence-corrected chi connectivity index (χ3v) is 6.67. The molecule has 0 amide bonds. The molecule has 2 aromatic carbocycles. The first-order valence-corrected chi connectivity index (χ1v) is 14.4. The Balaban J connectivity index is 1.62. The molecule has 1 aromatic heterocycles. The van der Waals surface area contributed by atoms with E-state index in [4.69, 9.17) is 9.47 Å². The van der Waals surface area contributed by atoms with Gasteiger partial charge >= 0.3 is 0 Å². The molecule has 3 aromatic rings. The summed E-state index contributed by atoms with van der Waals surface area (Å²) in [6.45, 7) is 16.9. The van der Waals surface area contributed by atoms with Crippen molar-refractivity contribution in [3.63, 3.8) is 0 Å². The van der Waals surface area contributed by atoms with Crippen molar-refractivity contribution in [2.24, 2.45) is 0 Å². The van der Waals surface area contributed by atoms with Crippen molar-refractivity contribution in [1.29, 1.82) is 0 Å². The molecule has 3 rings (SSSR count). The predicted octanol–water partition coefficient (Wildman–Crippen LogP) is 6.46. The molecule has 0 radical (unpaired) electrons. The fraction of sp³-hybridized carbons (Fsp3) is 0.581. The lowest BCUT2D eigenvalue weighted by molar-refractivity contribution is 0.234. The topological polar surface area (TPSA) is 57.8 Å². The summed E-state index contributed by atoms with van der Waals surface area (Å²) in [5.74, 6) is 1.58. The van der Waals surface area contributed by atoms with Gasteiger partial charge in [-0.25, -0.2) is 0 Å². The van der Waals surface area contributed by atoms with Crippen LogP contribution in [0, 0.1) is 0 Å². The minimum atomic E-state index is 0.0337. The van der Waals surface area contributed by atoms with Crippen LogP contribution in [0.3, 0.4) is 0 Å². The van der Waals surface area contributed by atoms with Crippen LogP contribution in [0.1, 0.15) is 66.2 Å². The second-order valence-corrected chi connectivity index (χ2v) is 9.96. The highest BCUT2D eigenvalue weighted by molar-refractivity contribution is 5.93. The summed E-state index contributed by atoms with van der Waals surface area (Å²) in [6, 6.07) is 11.4. The van der Waals surface area contributed by atoms with Crippen LogP contribution in [-0.2, 0) is 0 Å². The maximum Gasteiger partial charge on any atom is 0.197 e. The number of ether oxygens (including phenoxy) is 2. The first kappa shape index (κ1) is 29.0. The van der Waals surface area contributed by atoms with Crippen molar-refractivity contribution in [2.45, 2.75) is 66.2 Å². The van der Waals surface area contributed by atoms with Gasteiger partial charge < -0.3 is 24.3 Å². The normalized spacial score (nSPS) is 11.7. The number of aromatic amines is 1. The molecular formula is C31H47N3O3. The zero-order valence-corrected chi connectivity index (χ0v) is 23.5. The third-order valence-electron chi connectivity index (χ3n) is 6.67. The molecule has 37 heavy (non-hydrogen) atoms. The van der Waals surface area contributed by atoms with Crippen molar-refractivity contribution < 1.29 is 9.47 Å². The summed E-state index contributed by atoms with van der Waals surface area (Å²) in [5, 5.41) is 1.36. The number of benzene rings is 2. The number of hydrogen-bond donors (Lipinski definition) is 1. The van der Waals surface area contributed by atoms with E-state index in [0.29, 0.717) is 24.0 Å². The lowest BCUT2D eigenvalue weighted by Crippen LogP contribution is -2.27. The predicted molar refractivity (Wildman–Crippen MR) is 156 cm³/mol. The van der Waals surface area contributed by atoms with Crippen LogP contribution in [0.4, 0.5) is 0 Å². The Bertz CT molecular complexity index is 1050. The van der Waals surface area contributed by atoms with Gasteiger partial charge in [-0.2, -0.15) is 0 Å². The van der Waals surface area contributed by atoms with Gasteiger partial charge in [-0.1, -0.05) is 27.7 Å². The van der Waals surface area contributed by atoms with E-state index in [1.165, 1.54) is 25.7 Å². The Labute approximate surface area is 222 Å². The summed E-state index contributed by atoms with van der Waals surface area (Å²) in [4.78, 5) is 21.6. The highest BCUT2D eigenvalue weighted by Gasteiger charge is 2.09. The fourth-order valence-electron chi connectivity index (χ4n) is 5.01. The molecule has 6 heteroatoms. The Hall–Kier alpha value is -2.57. The van der Waals surface area contributed by atoms with E-state index in [0.717, 1.165) is 74.6 Å². The summed E-state index contributed by atoms with van der Waals surface area (Å²) in [6.07, 6.45) is 6.68. The monoisotopic (exact) mass is 509 g/mol. The van der Waals surface area contributed by atoms with Crippen molar-refractivity contribution in [1.82, 2.24) is 14.8 Å². The Kier molecular flexibility index (Phi) is 12.2. The summed E-state index contributed by atoms with van der Waals surface area (Å²) >= 11 is 0. The molecule has 0 aliphatic heterocycles. The first-order valence-electron chi connectivity index (χ1n) is 14.4. The number of aromatic nitrogens is 1. The number of H-pyrrole nitrogens is 1. The van der Waals surface area contributed by atoms with Gasteiger partial charge in [0.25, 0.3) is 0 Å². The van der Waals surface area contributed by atoms with Crippen LogP contribution in [0.2, 0.25) is 0 Å². The van der Waals surface area contributed by atoms with Gasteiger partial charge in [0.15, 0.2) is 5.43 Å². The molecule has 0 unspecified atom stereocenters. The molecule has 0 saturated carbocycles. The molecule has 1 heterocycles. The quantitative estimate of drug-likeness (QED) is 0.157. The minimum absolute atomic E-state index is 0.0337. The number of hydrogen-bond acceptors (Lipinski definition) is 5. The van der Waals surface area contributed by atoms with E-state index < -0.39 is 0 Å². The molecule has 0 bridgehead atoms. The average Bonchev–Trinajstić information content (AvgIpc) is 2.89. The highest BCUT2D eigenvalue weighted by atomic mass is 16.5. The largest absolute Gasteiger partial charge is 0.493 e. The summed E-state index contributed by atoms with van der Waals surface area (Å²) < 4.78 is 12.1. The van der Waals surface area contributed by atoms with Crippen molar-refractivity contribution in [3.05, 3.63) is 46.6 Å². The number of pyridine rings is 1. The van der Waals surface area contributed by atoms with E-state index in [-0.39, 0.29) is 5.43 Å². The standard InChI is InChI=1S/C31H47N3O3/c1-5-15-33(16-6-2)19-9-21-36-25-11-13-27-29(23-25)32-30-24-26(12-14-28(30)31(27)35)37-22-10-20-34(17-7-3)18-8-4/h11-14,23-24H,5-10,15-22H2,1-4H3,(H,32,35). The summed E-state index contributed by atoms with van der Waals surface area (Å²) in [7, 11) is 0. The molecule has 0 saturated heterocycles. The maximum absolute atomic E-state index is 13.1. The Morgan fingerprint density at radius 3 is 1.41 bits per heavy atom. The average molecular weight is 510 g/mol. The van der Waals surface area contributed by atoms with E-state index in [1.54, 1.807) is 0 Å². The van der Waals surface area contributed by atoms with Crippen molar-refractivity contribution in [3.8, 4) is 11.5 Å². The van der Waals surface area contributed by atoms with E-state index in [2.05, 4.69) is 42.5 Å². The number of nitrogens with zero attached hydrogens (tertiary/aromatic N) is 2. The van der Waals surface area contributed by atoms with Gasteiger partial charge in [0.1, 0.15) is 11.5 Å². The minimum Gasteiger partial charge on any atom is -0.493 e. The van der Waals surface area contributed by atoms with Gasteiger partial charge in [-0.15, -0.1) is 0 Å². The van der Waals surface area contributed by atoms with E-state index in [9.17, 15) is 4.79 Å². The van der Waals surface area contributed by atoms with Gasteiger partial charge in [0, 0.05) is 36.0 Å². The van der Waals surface area contributed by atoms with Crippen LogP contribution in [0.15, 0.2) is 41.2 Å². The second kappa shape index (κ2) is 15.6. The highest BCUT2D eigenvalue weighted by Crippen LogP contribution is 2.23. The number of fused-ring (bicyclic) bond motifs is 2. The second-order valence-electron chi connectivity index (χ2n) is 9.96. The van der Waals surface area contributed by atoms with Crippen LogP contribution in [-0.4, -0.2) is 67.3 Å². The van der Waals surface area contributed by atoms with Crippen molar-refractivity contribution in [2.75, 3.05) is 52.5 Å². The SMILES string of the molecule is CCCN(CCC)CCCOc1ccc2c(=O)c3ccc(OCCCN(CCC)CCC)cc3[nH]c2c1. The number of nitrogens with one attached hydrogen (secondary N) is 1. The molecule has 6 nitrogen and oxygen atoms in total. The lowest BCUT2D eigenvalue weighted by Gasteiger charge is -2.20. The van der Waals surface area contributed by atoms with Crippen molar-refractivity contribution >= 4 is 21.8 Å². The molecule has 0 aliphatic carbocycles. The smallest absolute Gasteiger partial charge is 0.197 e. The van der Waals surface area contributed by atoms with Gasteiger partial charge in [0.2, 0.25) is 0 Å². The van der Waals surface area contributed by atoms with Crippen LogP contribution >= 0.6 is 0 Å². The maximum atomic E-state index is 13.1. The van der Waals surface area contributed by atoms with Crippen LogP contribution in [0.5, 0.6) is 11.5 Å². The van der Waals surface area contributed by atoms with Gasteiger partial charge in [0.05, 0.1) is 24.2 Å². The Morgan fingerprint density at radius 1 is 0.622 bits per heavy atom. The zero-order chi connectivity index (χ0) is 26.5. The fourth-order valence-corrected chi connectivity index (χ4v) is 5.01. The molecule has 0 atom stereocenters. The lowest BCUT2D eigenvalue weighted by atomic mass is 10.1. The third kappa shape index (κ3) is 8.75. The van der Waals surface area contributed by atoms with Gasteiger partial charge in [-0.3, -0.25) is 4.79 Å². The molecular weight excluding hydrogens is 462 g/mol. The van der Waals surface area contributed by atoms with Crippen LogP contribution < -0.4 is 14.9 Å². The molecule has 0 aliphatic rings. The molecule has 0 fully saturated rings. The summed E-state index contributed by atoms with van der Waals surface area (Å²) in [5.41, 5.74) is 1.62.